The molecule has 11 heteroatoms. The van der Waals surface area contributed by atoms with Crippen LogP contribution in [0.2, 0.25) is 0 Å². The molecule has 2 aromatic carbocycles. The quantitative estimate of drug-likeness (QED) is 0.311. The summed E-state index contributed by atoms with van der Waals surface area (Å²) in [5, 5.41) is 23.7. The number of carboxylic acid groups (broad SMARTS) is 1. The fourth-order valence-corrected chi connectivity index (χ4v) is 2.84. The van der Waals surface area contributed by atoms with Crippen LogP contribution in [-0.4, -0.2) is 34.7 Å². The third-order valence-electron chi connectivity index (χ3n) is 3.62. The molecule has 0 bridgehead atoms. The topological polar surface area (TPSA) is 144 Å². The first-order valence-corrected chi connectivity index (χ1v) is 8.78. The zero-order chi connectivity index (χ0) is 21.0. The number of nitro groups is 1. The molecule has 1 heterocycles. The van der Waals surface area contributed by atoms with E-state index in [1.165, 1.54) is 30.5 Å². The van der Waals surface area contributed by atoms with Gasteiger partial charge in [0.2, 0.25) is 0 Å². The summed E-state index contributed by atoms with van der Waals surface area (Å²) in [5.41, 5.74) is 3.14. The number of nitro benzene ring substituents is 1. The van der Waals surface area contributed by atoms with Gasteiger partial charge in [0.1, 0.15) is 11.3 Å². The summed E-state index contributed by atoms with van der Waals surface area (Å²) in [6, 6.07) is 10.2. The number of amides is 1. The average molecular weight is 462 g/mol. The molecule has 0 atom stereocenters. The van der Waals surface area contributed by atoms with E-state index in [4.69, 9.17) is 14.3 Å². The molecule has 0 unspecified atom stereocenters. The van der Waals surface area contributed by atoms with Crippen molar-refractivity contribution in [1.82, 2.24) is 5.43 Å². The van der Waals surface area contributed by atoms with E-state index in [0.29, 0.717) is 26.8 Å². The number of carbonyl (C=O) groups excluding carboxylic acids is 1. The monoisotopic (exact) mass is 461 g/mol. The fourth-order valence-electron chi connectivity index (χ4n) is 2.33. The second-order valence-corrected chi connectivity index (χ2v) is 6.52. The lowest BCUT2D eigenvalue weighted by molar-refractivity contribution is -0.384. The molecule has 1 aromatic heterocycles. The molecule has 0 radical (unpaired) electrons. The van der Waals surface area contributed by atoms with Crippen molar-refractivity contribution in [3.05, 3.63) is 68.4 Å². The van der Waals surface area contributed by atoms with Crippen molar-refractivity contribution in [2.45, 2.75) is 0 Å². The first-order chi connectivity index (χ1) is 13.8. The van der Waals surface area contributed by atoms with Crippen LogP contribution in [0.1, 0.15) is 16.1 Å². The number of halogens is 1. The molecular weight excluding hydrogens is 450 g/mol. The van der Waals surface area contributed by atoms with Gasteiger partial charge >= 0.3 is 11.9 Å². The van der Waals surface area contributed by atoms with Crippen molar-refractivity contribution in [3.8, 4) is 5.75 Å². The molecule has 2 N–H and O–H groups in total. The van der Waals surface area contributed by atoms with Crippen molar-refractivity contribution in [3.63, 3.8) is 0 Å². The van der Waals surface area contributed by atoms with Crippen molar-refractivity contribution in [2.75, 3.05) is 6.61 Å². The summed E-state index contributed by atoms with van der Waals surface area (Å²) in [5.74, 6) is -1.41. The number of hydrogen-bond donors (Lipinski definition) is 2. The zero-order valence-corrected chi connectivity index (χ0v) is 16.1. The van der Waals surface area contributed by atoms with Crippen molar-refractivity contribution in [1.29, 1.82) is 0 Å². The molecule has 0 aliphatic rings. The van der Waals surface area contributed by atoms with E-state index in [-0.39, 0.29) is 11.4 Å². The largest absolute Gasteiger partial charge is 0.481 e. The number of ether oxygens (including phenoxy) is 1. The van der Waals surface area contributed by atoms with E-state index in [1.807, 2.05) is 0 Å². The minimum Gasteiger partial charge on any atom is -0.481 e. The smallest absolute Gasteiger partial charge is 0.341 e. The van der Waals surface area contributed by atoms with Crippen LogP contribution in [0.15, 0.2) is 56.5 Å². The maximum Gasteiger partial charge on any atom is 0.341 e. The number of carbonyl (C=O) groups is 2. The number of rotatable bonds is 7. The number of aliphatic carboxylic acids is 1. The van der Waals surface area contributed by atoms with E-state index in [1.54, 1.807) is 18.2 Å². The molecule has 3 rings (SSSR count). The number of carboxylic acids is 1. The maximum atomic E-state index is 12.2. The Morgan fingerprint density at radius 2 is 2.07 bits per heavy atom. The molecule has 1 amide bonds. The number of hydrogen-bond acceptors (Lipinski definition) is 7. The lowest BCUT2D eigenvalue weighted by Gasteiger charge is -2.06. The second kappa shape index (κ2) is 8.52. The highest BCUT2D eigenvalue weighted by Gasteiger charge is 2.14. The summed E-state index contributed by atoms with van der Waals surface area (Å²) in [7, 11) is 0. The molecule has 0 fully saturated rings. The number of nitrogens with zero attached hydrogens (tertiary/aromatic N) is 2. The fraction of sp³-hybridized carbons (Fsp3) is 0.0556. The number of fused-ring (bicyclic) bond motifs is 1. The minimum absolute atomic E-state index is 0.0451. The molecule has 3 aromatic rings. The van der Waals surface area contributed by atoms with Crippen LogP contribution in [0.5, 0.6) is 5.75 Å². The number of furan rings is 1. The summed E-state index contributed by atoms with van der Waals surface area (Å²) in [6.45, 7) is -0.469. The highest BCUT2D eigenvalue weighted by atomic mass is 79.9. The Labute approximate surface area is 171 Å². The maximum absolute atomic E-state index is 12.2. The summed E-state index contributed by atoms with van der Waals surface area (Å²) in [6.07, 6.45) is 1.37. The number of non-ortho nitro benzene ring substituents is 1. The molecular formula is C18H12BrN3O7. The van der Waals surface area contributed by atoms with E-state index >= 15 is 0 Å². The van der Waals surface area contributed by atoms with Crippen LogP contribution in [0.3, 0.4) is 0 Å². The second-order valence-electron chi connectivity index (χ2n) is 5.66. The third-order valence-corrected chi connectivity index (χ3v) is 4.24. The van der Waals surface area contributed by atoms with Gasteiger partial charge in [-0.3, -0.25) is 14.9 Å². The van der Waals surface area contributed by atoms with Gasteiger partial charge in [0.25, 0.3) is 5.69 Å². The molecule has 0 spiro atoms. The Morgan fingerprint density at radius 3 is 2.76 bits per heavy atom. The minimum atomic E-state index is -1.09. The van der Waals surface area contributed by atoms with Gasteiger partial charge in [0, 0.05) is 17.5 Å². The van der Waals surface area contributed by atoms with E-state index < -0.39 is 23.4 Å². The first kappa shape index (κ1) is 20.0. The highest BCUT2D eigenvalue weighted by molar-refractivity contribution is 9.10. The first-order valence-electron chi connectivity index (χ1n) is 7.99. The standard InChI is InChI=1S/C18H12BrN3O7/c19-13-5-10(1-3-15(13)28-9-17(23)24)8-20-21-18(25)16-7-11-6-12(22(26)27)2-4-14(11)29-16/h1-8H,9H2,(H,21,25)(H,23,24)/b20-8+. The molecule has 0 aliphatic carbocycles. The predicted molar refractivity (Wildman–Crippen MR) is 105 cm³/mol. The third kappa shape index (κ3) is 4.96. The van der Waals surface area contributed by atoms with Crippen LogP contribution in [0.4, 0.5) is 5.69 Å². The van der Waals surface area contributed by atoms with E-state index in [2.05, 4.69) is 26.5 Å². The van der Waals surface area contributed by atoms with Gasteiger partial charge in [-0.25, -0.2) is 10.2 Å². The lowest BCUT2D eigenvalue weighted by Crippen LogP contribution is -2.16. The van der Waals surface area contributed by atoms with Gasteiger partial charge in [-0.2, -0.15) is 5.10 Å². The van der Waals surface area contributed by atoms with Crippen LogP contribution in [0.25, 0.3) is 11.0 Å². The summed E-state index contributed by atoms with van der Waals surface area (Å²) < 4.78 is 11.0. The van der Waals surface area contributed by atoms with Crippen molar-refractivity contribution in [2.24, 2.45) is 5.10 Å². The number of benzene rings is 2. The molecule has 29 heavy (non-hydrogen) atoms. The SMILES string of the molecule is O=C(O)COc1ccc(/C=N/NC(=O)c2cc3cc([N+](=O)[O-])ccc3o2)cc1Br. The molecule has 10 nitrogen and oxygen atoms in total. The Bertz CT molecular complexity index is 1140. The Kier molecular flexibility index (Phi) is 5.88. The molecule has 0 saturated carbocycles. The van der Waals surface area contributed by atoms with Gasteiger partial charge in [-0.05, 0) is 51.8 Å². The molecule has 0 aliphatic heterocycles. The molecule has 148 valence electrons. The zero-order valence-electron chi connectivity index (χ0n) is 14.5. The van der Waals surface area contributed by atoms with Crippen LogP contribution >= 0.6 is 15.9 Å². The average Bonchev–Trinajstić information content (AvgIpc) is 3.10. The Hall–Kier alpha value is -3.73. The van der Waals surface area contributed by atoms with Gasteiger partial charge in [0.15, 0.2) is 12.4 Å². The summed E-state index contributed by atoms with van der Waals surface area (Å²) >= 11 is 3.26. The van der Waals surface area contributed by atoms with Gasteiger partial charge < -0.3 is 14.3 Å². The highest BCUT2D eigenvalue weighted by Crippen LogP contribution is 2.26. The van der Waals surface area contributed by atoms with Crippen molar-refractivity contribution >= 4 is 50.7 Å². The lowest BCUT2D eigenvalue weighted by atomic mass is 10.2. The molecule has 0 saturated heterocycles. The Morgan fingerprint density at radius 1 is 1.28 bits per heavy atom. The van der Waals surface area contributed by atoms with Crippen LogP contribution < -0.4 is 10.2 Å². The van der Waals surface area contributed by atoms with Gasteiger partial charge in [0.05, 0.1) is 15.6 Å². The van der Waals surface area contributed by atoms with Crippen LogP contribution in [0, 0.1) is 10.1 Å². The van der Waals surface area contributed by atoms with Crippen LogP contribution in [-0.2, 0) is 4.79 Å². The van der Waals surface area contributed by atoms with Crippen molar-refractivity contribution < 1.29 is 28.8 Å². The normalized spacial score (nSPS) is 10.9. The van der Waals surface area contributed by atoms with E-state index in [9.17, 15) is 19.7 Å². The number of hydrazone groups is 1. The van der Waals surface area contributed by atoms with Gasteiger partial charge in [-0.1, -0.05) is 0 Å². The van der Waals surface area contributed by atoms with E-state index in [0.717, 1.165) is 0 Å². The Balaban J connectivity index is 1.66. The predicted octanol–water partition coefficient (Wildman–Crippen LogP) is 3.33. The number of nitrogens with one attached hydrogen (secondary N) is 1. The summed E-state index contributed by atoms with van der Waals surface area (Å²) in [4.78, 5) is 33.0. The van der Waals surface area contributed by atoms with Gasteiger partial charge in [-0.15, -0.1) is 0 Å².